The van der Waals surface area contributed by atoms with Crippen molar-refractivity contribution >= 4 is 11.8 Å². The fraction of sp³-hybridized carbons (Fsp3) is 0.400. The molecule has 20 heavy (non-hydrogen) atoms. The van der Waals surface area contributed by atoms with Crippen molar-refractivity contribution in [2.45, 2.75) is 13.3 Å². The normalized spacial score (nSPS) is 16.2. The molecule has 1 aliphatic rings. The van der Waals surface area contributed by atoms with Crippen molar-refractivity contribution in [1.29, 1.82) is 0 Å². The molecule has 0 aromatic carbocycles. The Balaban J connectivity index is 1.99. The van der Waals surface area contributed by atoms with Crippen molar-refractivity contribution in [3.63, 3.8) is 0 Å². The van der Waals surface area contributed by atoms with Crippen molar-refractivity contribution in [2.24, 2.45) is 0 Å². The molecule has 106 valence electrons. The fourth-order valence-electron chi connectivity index (χ4n) is 2.26. The van der Waals surface area contributed by atoms with Gasteiger partial charge in [-0.05, 0) is 31.6 Å². The molecule has 0 bridgehead atoms. The van der Waals surface area contributed by atoms with Gasteiger partial charge in [-0.1, -0.05) is 6.08 Å². The summed E-state index contributed by atoms with van der Waals surface area (Å²) in [6, 6.07) is 3.52. The van der Waals surface area contributed by atoms with E-state index in [-0.39, 0.29) is 11.8 Å². The molecular formula is C15H19N3O2. The highest BCUT2D eigenvalue weighted by atomic mass is 16.2. The van der Waals surface area contributed by atoms with E-state index in [9.17, 15) is 9.59 Å². The number of aromatic nitrogens is 1. The Morgan fingerprint density at radius 3 is 2.65 bits per heavy atom. The van der Waals surface area contributed by atoms with Crippen molar-refractivity contribution in [1.82, 2.24) is 14.8 Å². The lowest BCUT2D eigenvalue weighted by Gasteiger charge is -2.21. The third-order valence-electron chi connectivity index (χ3n) is 3.31. The average Bonchev–Trinajstić information content (AvgIpc) is 2.73. The Hall–Kier alpha value is -2.17. The highest BCUT2D eigenvalue weighted by Gasteiger charge is 2.21. The highest BCUT2D eigenvalue weighted by Crippen LogP contribution is 2.09. The van der Waals surface area contributed by atoms with Gasteiger partial charge in [0.1, 0.15) is 0 Å². The van der Waals surface area contributed by atoms with Gasteiger partial charge in [0, 0.05) is 38.6 Å². The average molecular weight is 273 g/mol. The third kappa shape index (κ3) is 3.44. The molecule has 1 aromatic heterocycles. The lowest BCUT2D eigenvalue weighted by molar-refractivity contribution is -0.125. The molecule has 0 atom stereocenters. The number of carbonyl (C=O) groups is 2. The van der Waals surface area contributed by atoms with Gasteiger partial charge in [0.2, 0.25) is 5.91 Å². The summed E-state index contributed by atoms with van der Waals surface area (Å²) in [6.07, 6.45) is 7.34. The van der Waals surface area contributed by atoms with Crippen LogP contribution in [0.3, 0.4) is 0 Å². The molecule has 1 aliphatic heterocycles. The van der Waals surface area contributed by atoms with Crippen molar-refractivity contribution in [2.75, 3.05) is 26.2 Å². The number of hydrogen-bond acceptors (Lipinski definition) is 3. The number of carbonyl (C=O) groups excluding carboxylic acids is 2. The zero-order chi connectivity index (χ0) is 14.4. The summed E-state index contributed by atoms with van der Waals surface area (Å²) in [5.41, 5.74) is 0.598. The quantitative estimate of drug-likeness (QED) is 0.764. The third-order valence-corrected chi connectivity index (χ3v) is 3.31. The largest absolute Gasteiger partial charge is 0.337 e. The van der Waals surface area contributed by atoms with Crippen LogP contribution in [-0.2, 0) is 4.79 Å². The molecule has 1 fully saturated rings. The zero-order valence-corrected chi connectivity index (χ0v) is 11.7. The van der Waals surface area contributed by atoms with Gasteiger partial charge in [-0.3, -0.25) is 14.6 Å². The van der Waals surface area contributed by atoms with E-state index in [2.05, 4.69) is 4.98 Å². The highest BCUT2D eigenvalue weighted by molar-refractivity contribution is 5.94. The second-order valence-electron chi connectivity index (χ2n) is 4.71. The monoisotopic (exact) mass is 273 g/mol. The number of nitrogens with zero attached hydrogens (tertiary/aromatic N) is 3. The van der Waals surface area contributed by atoms with E-state index in [4.69, 9.17) is 0 Å². The van der Waals surface area contributed by atoms with Gasteiger partial charge in [0.15, 0.2) is 0 Å². The van der Waals surface area contributed by atoms with Gasteiger partial charge < -0.3 is 9.80 Å². The molecule has 0 radical (unpaired) electrons. The summed E-state index contributed by atoms with van der Waals surface area (Å²) in [5, 5.41) is 0. The molecule has 0 unspecified atom stereocenters. The van der Waals surface area contributed by atoms with Crippen LogP contribution in [0.4, 0.5) is 0 Å². The number of amides is 2. The van der Waals surface area contributed by atoms with Crippen LogP contribution in [0.25, 0.3) is 0 Å². The first-order valence-electron chi connectivity index (χ1n) is 6.83. The molecule has 1 aromatic rings. The summed E-state index contributed by atoms with van der Waals surface area (Å²) in [7, 11) is 0. The molecule has 0 saturated carbocycles. The maximum absolute atomic E-state index is 12.3. The molecule has 5 nitrogen and oxygen atoms in total. The number of rotatable bonds is 2. The van der Waals surface area contributed by atoms with E-state index in [0.29, 0.717) is 31.7 Å². The minimum absolute atomic E-state index is 0.0153. The molecule has 5 heteroatoms. The molecular weight excluding hydrogens is 254 g/mol. The first kappa shape index (κ1) is 14.2. The number of allylic oxidation sites excluding steroid dienone is 1. The Labute approximate surface area is 118 Å². The van der Waals surface area contributed by atoms with E-state index < -0.39 is 0 Å². The number of hydrogen-bond donors (Lipinski definition) is 0. The second kappa shape index (κ2) is 6.84. The molecule has 0 spiro atoms. The molecule has 2 amide bonds. The molecule has 1 saturated heterocycles. The number of pyridine rings is 1. The van der Waals surface area contributed by atoms with Crippen LogP contribution in [-0.4, -0.2) is 52.8 Å². The lowest BCUT2D eigenvalue weighted by Crippen LogP contribution is -2.36. The summed E-state index contributed by atoms with van der Waals surface area (Å²) in [4.78, 5) is 31.7. The molecule has 2 heterocycles. The van der Waals surface area contributed by atoms with Gasteiger partial charge in [0.25, 0.3) is 5.91 Å². The first-order chi connectivity index (χ1) is 9.72. The molecule has 2 rings (SSSR count). The van der Waals surface area contributed by atoms with E-state index >= 15 is 0 Å². The van der Waals surface area contributed by atoms with E-state index in [0.717, 1.165) is 6.42 Å². The predicted molar refractivity (Wildman–Crippen MR) is 76.2 cm³/mol. The van der Waals surface area contributed by atoms with E-state index in [1.54, 1.807) is 46.5 Å². The minimum atomic E-state index is -0.0153. The maximum Gasteiger partial charge on any atom is 0.255 e. The molecule has 0 N–H and O–H groups in total. The second-order valence-corrected chi connectivity index (χ2v) is 4.71. The van der Waals surface area contributed by atoms with Gasteiger partial charge in [-0.2, -0.15) is 0 Å². The Kier molecular flexibility index (Phi) is 4.87. The van der Waals surface area contributed by atoms with Crippen LogP contribution in [0.5, 0.6) is 0 Å². The Bertz CT molecular complexity index is 499. The Morgan fingerprint density at radius 1 is 1.20 bits per heavy atom. The van der Waals surface area contributed by atoms with Crippen LogP contribution in [0.1, 0.15) is 23.7 Å². The smallest absolute Gasteiger partial charge is 0.255 e. The topological polar surface area (TPSA) is 53.5 Å². The first-order valence-corrected chi connectivity index (χ1v) is 6.83. The summed E-state index contributed by atoms with van der Waals surface area (Å²) in [5.74, 6) is 0.00149. The van der Waals surface area contributed by atoms with Crippen LogP contribution >= 0.6 is 0 Å². The SMILES string of the molecule is C/C=C/C(=O)N1CCCN(C(=O)c2cccnc2)CC1. The van der Waals surface area contributed by atoms with E-state index in [1.165, 1.54) is 0 Å². The van der Waals surface area contributed by atoms with Crippen molar-refractivity contribution in [3.8, 4) is 0 Å². The van der Waals surface area contributed by atoms with Crippen LogP contribution in [0.2, 0.25) is 0 Å². The van der Waals surface area contributed by atoms with Crippen LogP contribution in [0, 0.1) is 0 Å². The Morgan fingerprint density at radius 2 is 1.95 bits per heavy atom. The molecule has 0 aliphatic carbocycles. The van der Waals surface area contributed by atoms with Crippen LogP contribution in [0.15, 0.2) is 36.7 Å². The summed E-state index contributed by atoms with van der Waals surface area (Å²) >= 11 is 0. The van der Waals surface area contributed by atoms with Gasteiger partial charge in [0.05, 0.1) is 5.56 Å². The summed E-state index contributed by atoms with van der Waals surface area (Å²) in [6.45, 7) is 4.34. The van der Waals surface area contributed by atoms with Crippen molar-refractivity contribution < 1.29 is 9.59 Å². The van der Waals surface area contributed by atoms with Gasteiger partial charge in [-0.25, -0.2) is 0 Å². The van der Waals surface area contributed by atoms with Crippen LogP contribution < -0.4 is 0 Å². The fourth-order valence-corrected chi connectivity index (χ4v) is 2.26. The van der Waals surface area contributed by atoms with Gasteiger partial charge >= 0.3 is 0 Å². The predicted octanol–water partition coefficient (Wildman–Crippen LogP) is 1.33. The zero-order valence-electron chi connectivity index (χ0n) is 11.7. The maximum atomic E-state index is 12.3. The van der Waals surface area contributed by atoms with E-state index in [1.807, 2.05) is 6.92 Å². The van der Waals surface area contributed by atoms with Crippen molar-refractivity contribution in [3.05, 3.63) is 42.2 Å². The van der Waals surface area contributed by atoms with Gasteiger partial charge in [-0.15, -0.1) is 0 Å². The standard InChI is InChI=1S/C15H19N3O2/c1-2-5-14(19)17-8-4-9-18(11-10-17)15(20)13-6-3-7-16-12-13/h2-3,5-7,12H,4,8-11H2,1H3/b5-2+. The minimum Gasteiger partial charge on any atom is -0.337 e. The lowest BCUT2D eigenvalue weighted by atomic mass is 10.2. The summed E-state index contributed by atoms with van der Waals surface area (Å²) < 4.78 is 0.